The topological polar surface area (TPSA) is 18.5 Å². The van der Waals surface area contributed by atoms with Crippen molar-refractivity contribution in [3.63, 3.8) is 0 Å². The van der Waals surface area contributed by atoms with E-state index < -0.39 is 14.5 Å². The molecule has 4 heteroatoms. The molecule has 0 aliphatic rings. The molecule has 2 nitrogen and oxygen atoms in total. The fourth-order valence-electron chi connectivity index (χ4n) is 10.0. The van der Waals surface area contributed by atoms with Gasteiger partial charge in [-0.05, 0) is 97.8 Å². The SMILES string of the molecule is CCCCCCCCCCOc1cc(C[P+](c2ccccc2)(c2ccccc2)c2ccccc2)c(OCCCCCCCCCC)cc1C[P+](c1ccccc1)(c1ccccc1)c1ccccc1. The minimum Gasteiger partial charge on any atom is -0.493 e. The zero-order valence-corrected chi connectivity index (χ0v) is 43.1. The molecule has 0 heterocycles. The summed E-state index contributed by atoms with van der Waals surface area (Å²) in [6.45, 7) is 5.99. The van der Waals surface area contributed by atoms with Gasteiger partial charge in [-0.3, -0.25) is 0 Å². The zero-order valence-electron chi connectivity index (χ0n) is 41.3. The molecular weight excluding hydrogens is 863 g/mol. The predicted molar refractivity (Wildman–Crippen MR) is 300 cm³/mol. The Bertz CT molecular complexity index is 2060. The third-order valence-electron chi connectivity index (χ3n) is 13.8. The van der Waals surface area contributed by atoms with Crippen molar-refractivity contribution in [2.24, 2.45) is 0 Å². The highest BCUT2D eigenvalue weighted by molar-refractivity contribution is 7.95. The van der Waals surface area contributed by atoms with E-state index in [2.05, 4.69) is 208 Å². The fraction of sp³-hybridized carbons (Fsp3) is 0.344. The normalized spacial score (nSPS) is 11.7. The maximum atomic E-state index is 7.24. The Kier molecular flexibility index (Phi) is 20.8. The first-order chi connectivity index (χ1) is 33.7. The highest BCUT2D eigenvalue weighted by atomic mass is 31.2. The Morgan fingerprint density at radius 1 is 0.279 bits per heavy atom. The Balaban J connectivity index is 1.37. The van der Waals surface area contributed by atoms with Gasteiger partial charge in [0.25, 0.3) is 0 Å². The lowest BCUT2D eigenvalue weighted by Crippen LogP contribution is -2.33. The number of unbranched alkanes of at least 4 members (excludes halogenated alkanes) is 14. The van der Waals surface area contributed by atoms with Crippen molar-refractivity contribution in [1.29, 1.82) is 0 Å². The van der Waals surface area contributed by atoms with E-state index >= 15 is 0 Å². The first-order valence-electron chi connectivity index (χ1n) is 26.2. The second kappa shape index (κ2) is 27.9. The van der Waals surface area contributed by atoms with Crippen molar-refractivity contribution in [3.8, 4) is 11.5 Å². The van der Waals surface area contributed by atoms with Crippen LogP contribution in [0.25, 0.3) is 0 Å². The first kappa shape index (κ1) is 50.9. The summed E-state index contributed by atoms with van der Waals surface area (Å²) in [6, 6.07) is 72.8. The third kappa shape index (κ3) is 13.6. The predicted octanol–water partition coefficient (Wildman–Crippen LogP) is 15.7. The fourth-order valence-corrected chi connectivity index (χ4v) is 18.5. The van der Waals surface area contributed by atoms with Crippen molar-refractivity contribution >= 4 is 46.4 Å². The summed E-state index contributed by atoms with van der Waals surface area (Å²) in [5.41, 5.74) is 2.46. The molecule has 0 aliphatic carbocycles. The minimum atomic E-state index is -2.27. The standard InChI is InChI=1S/C64H78O2P2/c1-3-5-7-9-11-13-15-35-49-65-63-51-56(54-68(60-43-29-20-30-44-60,61-45-31-21-32-46-61)62-47-33-22-34-48-62)64(66-50-36-16-14-12-10-8-6-4-2)52-55(63)53-67(57-37-23-17-24-38-57,58-39-25-18-26-40-58)59-41-27-19-28-42-59/h17-34,37-48,51-52H,3-16,35-36,49-50,53-54H2,1-2H3/q+2. The quantitative estimate of drug-likeness (QED) is 0.0330. The van der Waals surface area contributed by atoms with Gasteiger partial charge in [-0.25, -0.2) is 0 Å². The summed E-state index contributed by atoms with van der Waals surface area (Å²) < 4.78 is 14.5. The van der Waals surface area contributed by atoms with Gasteiger partial charge in [0.1, 0.15) is 70.2 Å². The summed E-state index contributed by atoms with van der Waals surface area (Å²) in [6.07, 6.45) is 21.9. The van der Waals surface area contributed by atoms with Crippen molar-refractivity contribution in [2.75, 3.05) is 13.2 Å². The van der Waals surface area contributed by atoms with Crippen molar-refractivity contribution < 1.29 is 9.47 Å². The molecule has 0 amide bonds. The van der Waals surface area contributed by atoms with Crippen LogP contribution in [0.2, 0.25) is 0 Å². The first-order valence-corrected chi connectivity index (χ1v) is 30.1. The lowest BCUT2D eigenvalue weighted by atomic mass is 10.1. The molecule has 7 rings (SSSR count). The molecule has 0 saturated carbocycles. The Morgan fingerprint density at radius 3 is 0.735 bits per heavy atom. The summed E-state index contributed by atoms with van der Waals surface area (Å²) in [5.74, 6) is 2.00. The van der Waals surface area contributed by atoms with Crippen LogP contribution in [0.4, 0.5) is 0 Å². The molecule has 68 heavy (non-hydrogen) atoms. The molecule has 0 fully saturated rings. The third-order valence-corrected chi connectivity index (χ3v) is 22.5. The van der Waals surface area contributed by atoms with Crippen molar-refractivity contribution in [2.45, 2.75) is 129 Å². The van der Waals surface area contributed by atoms with E-state index in [4.69, 9.17) is 9.47 Å². The molecule has 0 saturated heterocycles. The monoisotopic (exact) mass is 941 g/mol. The Morgan fingerprint density at radius 2 is 0.500 bits per heavy atom. The molecule has 7 aromatic carbocycles. The molecule has 354 valence electrons. The average Bonchev–Trinajstić information content (AvgIpc) is 3.40. The van der Waals surface area contributed by atoms with E-state index in [1.165, 1.54) is 133 Å². The number of hydrogen-bond acceptors (Lipinski definition) is 2. The zero-order chi connectivity index (χ0) is 47.0. The number of hydrogen-bond donors (Lipinski definition) is 0. The van der Waals surface area contributed by atoms with Gasteiger partial charge in [-0.2, -0.15) is 0 Å². The van der Waals surface area contributed by atoms with E-state index in [9.17, 15) is 0 Å². The van der Waals surface area contributed by atoms with Gasteiger partial charge in [0.2, 0.25) is 0 Å². The van der Waals surface area contributed by atoms with Gasteiger partial charge in [-0.15, -0.1) is 0 Å². The molecule has 0 bridgehead atoms. The number of ether oxygens (including phenoxy) is 2. The van der Waals surface area contributed by atoms with E-state index in [1.54, 1.807) is 0 Å². The van der Waals surface area contributed by atoms with Crippen LogP contribution in [0.15, 0.2) is 194 Å². The van der Waals surface area contributed by atoms with Crippen LogP contribution in [0, 0.1) is 0 Å². The lowest BCUT2D eigenvalue weighted by Gasteiger charge is -2.30. The van der Waals surface area contributed by atoms with Gasteiger partial charge < -0.3 is 9.47 Å². The largest absolute Gasteiger partial charge is 0.493 e. The van der Waals surface area contributed by atoms with Crippen LogP contribution < -0.4 is 41.3 Å². The molecule has 0 N–H and O–H groups in total. The second-order valence-corrected chi connectivity index (χ2v) is 25.6. The maximum Gasteiger partial charge on any atom is 0.126 e. The van der Waals surface area contributed by atoms with Crippen molar-refractivity contribution in [1.82, 2.24) is 0 Å². The molecular formula is C64H78O2P2+2. The lowest BCUT2D eigenvalue weighted by molar-refractivity contribution is 0.292. The summed E-state index contributed by atoms with van der Waals surface area (Å²) in [7, 11) is -4.53. The van der Waals surface area contributed by atoms with Crippen LogP contribution in [0.5, 0.6) is 11.5 Å². The molecule has 0 unspecified atom stereocenters. The van der Waals surface area contributed by atoms with Crippen LogP contribution in [0.1, 0.15) is 128 Å². The van der Waals surface area contributed by atoms with Gasteiger partial charge in [0.15, 0.2) is 0 Å². The molecule has 0 spiro atoms. The molecule has 7 aromatic rings. The van der Waals surface area contributed by atoms with E-state index in [0.29, 0.717) is 13.2 Å². The Hall–Kier alpha value is -5.00. The van der Waals surface area contributed by atoms with Crippen LogP contribution >= 0.6 is 14.5 Å². The summed E-state index contributed by atoms with van der Waals surface area (Å²) >= 11 is 0. The van der Waals surface area contributed by atoms with Crippen molar-refractivity contribution in [3.05, 3.63) is 205 Å². The average molecular weight is 941 g/mol. The van der Waals surface area contributed by atoms with E-state index in [1.807, 2.05) is 0 Å². The van der Waals surface area contributed by atoms with Crippen LogP contribution in [-0.2, 0) is 12.3 Å². The second-order valence-electron chi connectivity index (χ2n) is 18.7. The minimum absolute atomic E-state index is 0.698. The summed E-state index contributed by atoms with van der Waals surface area (Å²) in [4.78, 5) is 0. The molecule has 0 radical (unpaired) electrons. The van der Waals surface area contributed by atoms with Gasteiger partial charge >= 0.3 is 0 Å². The number of rotatable bonds is 30. The van der Waals surface area contributed by atoms with E-state index in [0.717, 1.165) is 36.7 Å². The van der Waals surface area contributed by atoms with E-state index in [-0.39, 0.29) is 0 Å². The van der Waals surface area contributed by atoms with Crippen LogP contribution in [0.3, 0.4) is 0 Å². The van der Waals surface area contributed by atoms with Crippen LogP contribution in [-0.4, -0.2) is 13.2 Å². The number of benzene rings is 7. The highest BCUT2D eigenvalue weighted by Gasteiger charge is 2.48. The summed E-state index contributed by atoms with van der Waals surface area (Å²) in [5, 5.41) is 8.24. The smallest absolute Gasteiger partial charge is 0.126 e. The molecule has 0 atom stereocenters. The molecule has 0 aliphatic heterocycles. The van der Waals surface area contributed by atoms with Gasteiger partial charge in [0, 0.05) is 11.1 Å². The highest BCUT2D eigenvalue weighted by Crippen LogP contribution is 2.62. The molecule has 0 aromatic heterocycles. The maximum absolute atomic E-state index is 7.24. The van der Waals surface area contributed by atoms with Gasteiger partial charge in [-0.1, -0.05) is 213 Å². The van der Waals surface area contributed by atoms with Gasteiger partial charge in [0.05, 0.1) is 13.2 Å². The Labute approximate surface area is 412 Å².